The first kappa shape index (κ1) is 12.9. The number of rotatable bonds is 0. The highest BCUT2D eigenvalue weighted by Gasteiger charge is 2.66. The molecule has 2 aliphatic heterocycles. The number of phenolic OH excluding ortho intramolecular Hbond substituents is 1. The number of aliphatic hydroxyl groups excluding tert-OH is 2. The van der Waals surface area contributed by atoms with Gasteiger partial charge in [0.2, 0.25) is 0 Å². The molecule has 2 bridgehead atoms. The summed E-state index contributed by atoms with van der Waals surface area (Å²) in [5, 5.41) is 31.8. The second-order valence-corrected chi connectivity index (χ2v) is 7.02. The predicted molar refractivity (Wildman–Crippen MR) is 78.8 cm³/mol. The van der Waals surface area contributed by atoms with Gasteiger partial charge in [-0.05, 0) is 37.7 Å². The van der Waals surface area contributed by atoms with Gasteiger partial charge < -0.3 is 25.0 Å². The Morgan fingerprint density at radius 3 is 2.91 bits per heavy atom. The molecule has 2 heterocycles. The van der Waals surface area contributed by atoms with Crippen molar-refractivity contribution in [3.05, 3.63) is 35.4 Å². The molecular weight excluding hydrogens is 282 g/mol. The Hall–Kier alpha value is -1.56. The van der Waals surface area contributed by atoms with E-state index >= 15 is 0 Å². The molecule has 1 aromatic carbocycles. The number of piperidine rings is 1. The Labute approximate surface area is 128 Å². The first-order valence-corrected chi connectivity index (χ1v) is 7.83. The van der Waals surface area contributed by atoms with Gasteiger partial charge in [-0.15, -0.1) is 0 Å². The molecule has 1 fully saturated rings. The lowest BCUT2D eigenvalue weighted by atomic mass is 9.52. The van der Waals surface area contributed by atoms with Crippen LogP contribution in [0.15, 0.2) is 24.3 Å². The summed E-state index contributed by atoms with van der Waals surface area (Å²) in [6.45, 7) is 0.840. The van der Waals surface area contributed by atoms with Crippen molar-refractivity contribution in [1.82, 2.24) is 4.90 Å². The van der Waals surface area contributed by atoms with Crippen molar-refractivity contribution in [2.24, 2.45) is 5.92 Å². The summed E-state index contributed by atoms with van der Waals surface area (Å²) in [6.07, 6.45) is 3.09. The first-order chi connectivity index (χ1) is 10.6. The molecule has 0 radical (unpaired) electrons. The highest BCUT2D eigenvalue weighted by molar-refractivity contribution is 5.62. The zero-order valence-corrected chi connectivity index (χ0v) is 12.3. The monoisotopic (exact) mass is 301 g/mol. The van der Waals surface area contributed by atoms with Crippen LogP contribution in [0.5, 0.6) is 11.5 Å². The Balaban J connectivity index is 1.88. The lowest BCUT2D eigenvalue weighted by Crippen LogP contribution is -2.67. The normalized spacial score (nSPS) is 44.6. The molecule has 5 rings (SSSR count). The van der Waals surface area contributed by atoms with E-state index in [2.05, 4.69) is 4.90 Å². The van der Waals surface area contributed by atoms with Crippen molar-refractivity contribution in [3.63, 3.8) is 0 Å². The number of phenols is 1. The van der Waals surface area contributed by atoms with Crippen molar-refractivity contribution in [1.29, 1.82) is 0 Å². The van der Waals surface area contributed by atoms with E-state index in [0.29, 0.717) is 5.75 Å². The van der Waals surface area contributed by atoms with Gasteiger partial charge in [0.25, 0.3) is 0 Å². The van der Waals surface area contributed by atoms with Crippen LogP contribution in [0.25, 0.3) is 0 Å². The van der Waals surface area contributed by atoms with E-state index < -0.39 is 12.2 Å². The number of aliphatic hydroxyl groups is 2. The smallest absolute Gasteiger partial charge is 0.166 e. The number of aromatic hydroxyl groups is 1. The van der Waals surface area contributed by atoms with E-state index in [9.17, 15) is 15.3 Å². The molecule has 3 N–H and O–H groups in total. The average Bonchev–Trinajstić information content (AvgIpc) is 2.83. The minimum absolute atomic E-state index is 0.119. The van der Waals surface area contributed by atoms with Gasteiger partial charge in [-0.1, -0.05) is 12.1 Å². The third-order valence-corrected chi connectivity index (χ3v) is 6.23. The lowest BCUT2D eigenvalue weighted by molar-refractivity contribution is -0.104. The van der Waals surface area contributed by atoms with Crippen LogP contribution in [0.1, 0.15) is 23.7 Å². The SMILES string of the molecule is CN1CC[C@]23c4c5ccc(O)c4O[C@H]2C=C[C@@H](O)[C@H]3[C@H]1[C@H]5O. The minimum Gasteiger partial charge on any atom is -0.504 e. The van der Waals surface area contributed by atoms with Crippen LogP contribution in [0.2, 0.25) is 0 Å². The topological polar surface area (TPSA) is 73.2 Å². The number of benzene rings is 1. The molecule has 0 amide bonds. The third kappa shape index (κ3) is 1.20. The van der Waals surface area contributed by atoms with Crippen molar-refractivity contribution in [2.75, 3.05) is 13.6 Å². The molecule has 0 saturated carbocycles. The van der Waals surface area contributed by atoms with Crippen LogP contribution >= 0.6 is 0 Å². The van der Waals surface area contributed by atoms with Crippen LogP contribution in [0, 0.1) is 5.92 Å². The molecule has 1 aromatic rings. The minimum atomic E-state index is -0.679. The zero-order chi connectivity index (χ0) is 15.2. The second kappa shape index (κ2) is 3.85. The van der Waals surface area contributed by atoms with E-state index in [-0.39, 0.29) is 29.2 Å². The first-order valence-electron chi connectivity index (χ1n) is 7.83. The summed E-state index contributed by atoms with van der Waals surface area (Å²) in [4.78, 5) is 2.15. The number of nitrogens with zero attached hydrogens (tertiary/aromatic N) is 1. The molecule has 22 heavy (non-hydrogen) atoms. The van der Waals surface area contributed by atoms with Crippen LogP contribution in [-0.2, 0) is 5.41 Å². The maximum atomic E-state index is 10.9. The quantitative estimate of drug-likeness (QED) is 0.615. The fraction of sp³-hybridized carbons (Fsp3) is 0.529. The summed E-state index contributed by atoms with van der Waals surface area (Å²) in [6, 6.07) is 3.27. The Bertz CT molecular complexity index is 702. The third-order valence-electron chi connectivity index (χ3n) is 6.23. The molecule has 1 spiro atoms. The van der Waals surface area contributed by atoms with Crippen molar-refractivity contribution in [2.45, 2.75) is 36.2 Å². The summed E-state index contributed by atoms with van der Waals surface area (Å²) >= 11 is 0. The lowest BCUT2D eigenvalue weighted by Gasteiger charge is -2.58. The molecule has 2 aliphatic carbocycles. The van der Waals surface area contributed by atoms with Gasteiger partial charge in [0, 0.05) is 22.9 Å². The molecule has 5 heteroatoms. The molecule has 116 valence electrons. The number of hydrogen-bond donors (Lipinski definition) is 3. The highest BCUT2D eigenvalue weighted by atomic mass is 16.5. The van der Waals surface area contributed by atoms with Gasteiger partial charge in [0.15, 0.2) is 11.5 Å². The molecule has 5 nitrogen and oxygen atoms in total. The number of likely N-dealkylation sites (tertiary alicyclic amines) is 1. The summed E-state index contributed by atoms with van der Waals surface area (Å²) in [5.41, 5.74) is 1.42. The maximum absolute atomic E-state index is 10.9. The highest BCUT2D eigenvalue weighted by Crippen LogP contribution is 2.64. The molecule has 1 saturated heterocycles. The van der Waals surface area contributed by atoms with Gasteiger partial charge in [0.1, 0.15) is 6.10 Å². The fourth-order valence-corrected chi connectivity index (χ4v) is 5.36. The van der Waals surface area contributed by atoms with Gasteiger partial charge in [0.05, 0.1) is 12.2 Å². The van der Waals surface area contributed by atoms with E-state index in [1.54, 1.807) is 18.2 Å². The van der Waals surface area contributed by atoms with Crippen molar-refractivity contribution in [3.8, 4) is 11.5 Å². The molecule has 4 aliphatic rings. The second-order valence-electron chi connectivity index (χ2n) is 7.02. The van der Waals surface area contributed by atoms with Crippen LogP contribution < -0.4 is 4.74 Å². The van der Waals surface area contributed by atoms with Crippen LogP contribution in [0.3, 0.4) is 0 Å². The summed E-state index contributed by atoms with van der Waals surface area (Å²) < 4.78 is 6.06. The zero-order valence-electron chi connectivity index (χ0n) is 12.3. The average molecular weight is 301 g/mol. The van der Waals surface area contributed by atoms with Crippen LogP contribution in [-0.4, -0.2) is 52.1 Å². The number of likely N-dealkylation sites (N-methyl/N-ethyl adjacent to an activating group) is 1. The standard InChI is InChI=1S/C17H19NO4/c1-18-7-6-17-11-5-4-9(19)13(17)14(18)15(21)8-2-3-10(20)16(22-11)12(8)17/h2-5,9,11,13-15,19-21H,6-7H2,1H3/t9-,11+,13+,14+,15+,17-/m1/s1. The maximum Gasteiger partial charge on any atom is 0.166 e. The number of ether oxygens (including phenoxy) is 1. The summed E-state index contributed by atoms with van der Waals surface area (Å²) in [5.74, 6) is 0.494. The van der Waals surface area contributed by atoms with E-state index in [4.69, 9.17) is 4.74 Å². The van der Waals surface area contributed by atoms with E-state index in [1.807, 2.05) is 13.1 Å². The predicted octanol–water partition coefficient (Wildman–Crippen LogP) is 0.689. The molecular formula is C17H19NO4. The van der Waals surface area contributed by atoms with Gasteiger partial charge >= 0.3 is 0 Å². The van der Waals surface area contributed by atoms with Gasteiger partial charge in [-0.2, -0.15) is 0 Å². The molecule has 6 atom stereocenters. The van der Waals surface area contributed by atoms with Crippen molar-refractivity contribution < 1.29 is 20.1 Å². The van der Waals surface area contributed by atoms with Crippen molar-refractivity contribution >= 4 is 0 Å². The van der Waals surface area contributed by atoms with Gasteiger partial charge in [-0.3, -0.25) is 0 Å². The Morgan fingerprint density at radius 1 is 1.27 bits per heavy atom. The Morgan fingerprint density at radius 2 is 2.09 bits per heavy atom. The fourth-order valence-electron chi connectivity index (χ4n) is 5.36. The number of hydrogen-bond acceptors (Lipinski definition) is 5. The largest absolute Gasteiger partial charge is 0.504 e. The van der Waals surface area contributed by atoms with E-state index in [0.717, 1.165) is 24.1 Å². The summed E-state index contributed by atoms with van der Waals surface area (Å²) in [7, 11) is 2.00. The van der Waals surface area contributed by atoms with E-state index in [1.165, 1.54) is 0 Å². The van der Waals surface area contributed by atoms with Crippen LogP contribution in [0.4, 0.5) is 0 Å². The molecule has 0 unspecified atom stereocenters. The molecule has 0 aromatic heterocycles. The Kier molecular flexibility index (Phi) is 2.26. The van der Waals surface area contributed by atoms with Gasteiger partial charge in [-0.25, -0.2) is 0 Å².